The Kier molecular flexibility index (Phi) is 5.96. The van der Waals surface area contributed by atoms with E-state index < -0.39 is 0 Å². The lowest BCUT2D eigenvalue weighted by molar-refractivity contribution is -0.119. The maximum absolute atomic E-state index is 12.0. The van der Waals surface area contributed by atoms with Crippen molar-refractivity contribution in [3.63, 3.8) is 0 Å². The number of rotatable bonds is 4. The highest BCUT2D eigenvalue weighted by molar-refractivity contribution is 8.00. The molecule has 1 N–H and O–H groups in total. The first-order valence-corrected chi connectivity index (χ1v) is 8.63. The standard InChI is InChI=1S/C17H25NOS/c1-13-9-10-16(14(2)11-13)20-12-17(19)18-15-7-5-3-4-6-8-15/h9-11,15H,3-8,12H2,1-2H3,(H,18,19). The van der Waals surface area contributed by atoms with Gasteiger partial charge in [0.15, 0.2) is 0 Å². The summed E-state index contributed by atoms with van der Waals surface area (Å²) in [5.41, 5.74) is 2.53. The third kappa shape index (κ3) is 4.86. The van der Waals surface area contributed by atoms with Gasteiger partial charge in [0.05, 0.1) is 5.75 Å². The highest BCUT2D eigenvalue weighted by Gasteiger charge is 2.14. The van der Waals surface area contributed by atoms with Crippen LogP contribution >= 0.6 is 11.8 Å². The van der Waals surface area contributed by atoms with Gasteiger partial charge in [0, 0.05) is 10.9 Å². The second-order valence-corrected chi connectivity index (χ2v) is 6.83. The maximum Gasteiger partial charge on any atom is 0.230 e. The molecule has 2 rings (SSSR count). The number of nitrogens with one attached hydrogen (secondary N) is 1. The van der Waals surface area contributed by atoms with E-state index in [9.17, 15) is 4.79 Å². The van der Waals surface area contributed by atoms with Crippen LogP contribution < -0.4 is 5.32 Å². The van der Waals surface area contributed by atoms with Gasteiger partial charge in [-0.15, -0.1) is 11.8 Å². The monoisotopic (exact) mass is 291 g/mol. The third-order valence-corrected chi connectivity index (χ3v) is 5.09. The lowest BCUT2D eigenvalue weighted by Gasteiger charge is -2.16. The molecule has 3 heteroatoms. The third-order valence-electron chi connectivity index (χ3n) is 3.91. The van der Waals surface area contributed by atoms with Crippen molar-refractivity contribution < 1.29 is 4.79 Å². The van der Waals surface area contributed by atoms with Crippen LogP contribution in [0.4, 0.5) is 0 Å². The molecule has 0 atom stereocenters. The highest BCUT2D eigenvalue weighted by Crippen LogP contribution is 2.23. The van der Waals surface area contributed by atoms with Crippen LogP contribution in [0.25, 0.3) is 0 Å². The van der Waals surface area contributed by atoms with E-state index in [1.165, 1.54) is 41.7 Å². The smallest absolute Gasteiger partial charge is 0.230 e. The van der Waals surface area contributed by atoms with Crippen molar-refractivity contribution in [2.75, 3.05) is 5.75 Å². The van der Waals surface area contributed by atoms with Crippen LogP contribution in [0.15, 0.2) is 23.1 Å². The summed E-state index contributed by atoms with van der Waals surface area (Å²) < 4.78 is 0. The number of aryl methyl sites for hydroxylation is 2. The van der Waals surface area contributed by atoms with E-state index in [0.29, 0.717) is 11.8 Å². The molecule has 2 nitrogen and oxygen atoms in total. The van der Waals surface area contributed by atoms with Crippen molar-refractivity contribution in [1.29, 1.82) is 0 Å². The van der Waals surface area contributed by atoms with Crippen molar-refractivity contribution >= 4 is 17.7 Å². The Balaban J connectivity index is 1.79. The molecule has 1 saturated carbocycles. The molecule has 0 bridgehead atoms. The van der Waals surface area contributed by atoms with Crippen LogP contribution in [0.1, 0.15) is 49.7 Å². The summed E-state index contributed by atoms with van der Waals surface area (Å²) in [6, 6.07) is 6.81. The number of hydrogen-bond acceptors (Lipinski definition) is 2. The predicted molar refractivity (Wildman–Crippen MR) is 86.3 cm³/mol. The topological polar surface area (TPSA) is 29.1 Å². The number of thioether (sulfide) groups is 1. The van der Waals surface area contributed by atoms with Gasteiger partial charge >= 0.3 is 0 Å². The van der Waals surface area contributed by atoms with E-state index in [2.05, 4.69) is 37.4 Å². The molecule has 0 saturated heterocycles. The number of benzene rings is 1. The maximum atomic E-state index is 12.0. The average molecular weight is 291 g/mol. The lowest BCUT2D eigenvalue weighted by Crippen LogP contribution is -2.35. The van der Waals surface area contributed by atoms with Gasteiger partial charge in [-0.3, -0.25) is 4.79 Å². The number of carbonyl (C=O) groups is 1. The second-order valence-electron chi connectivity index (χ2n) is 5.81. The molecule has 110 valence electrons. The van der Waals surface area contributed by atoms with Gasteiger partial charge in [-0.05, 0) is 38.3 Å². The summed E-state index contributed by atoms with van der Waals surface area (Å²) in [6.45, 7) is 4.21. The molecule has 0 radical (unpaired) electrons. The fraction of sp³-hybridized carbons (Fsp3) is 0.588. The van der Waals surface area contributed by atoms with Gasteiger partial charge in [0.2, 0.25) is 5.91 Å². The average Bonchev–Trinajstić information content (AvgIpc) is 2.66. The van der Waals surface area contributed by atoms with Gasteiger partial charge in [-0.25, -0.2) is 0 Å². The molecule has 1 aromatic carbocycles. The van der Waals surface area contributed by atoms with Gasteiger partial charge < -0.3 is 5.32 Å². The Hall–Kier alpha value is -0.960. The zero-order valence-corrected chi connectivity index (χ0v) is 13.4. The Morgan fingerprint density at radius 1 is 1.20 bits per heavy atom. The number of amides is 1. The minimum absolute atomic E-state index is 0.182. The molecule has 1 aliphatic carbocycles. The molecule has 0 aromatic heterocycles. The molecule has 1 aromatic rings. The molecule has 0 spiro atoms. The van der Waals surface area contributed by atoms with E-state index in [0.717, 1.165) is 12.8 Å². The van der Waals surface area contributed by atoms with Crippen molar-refractivity contribution in [2.45, 2.75) is 63.3 Å². The van der Waals surface area contributed by atoms with Gasteiger partial charge in [0.1, 0.15) is 0 Å². The zero-order valence-electron chi connectivity index (χ0n) is 12.6. The normalized spacial score (nSPS) is 16.7. The quantitative estimate of drug-likeness (QED) is 0.664. The largest absolute Gasteiger partial charge is 0.353 e. The fourth-order valence-electron chi connectivity index (χ4n) is 2.80. The highest BCUT2D eigenvalue weighted by atomic mass is 32.2. The van der Waals surface area contributed by atoms with E-state index >= 15 is 0 Å². The Morgan fingerprint density at radius 3 is 2.55 bits per heavy atom. The van der Waals surface area contributed by atoms with E-state index in [1.54, 1.807) is 11.8 Å². The minimum Gasteiger partial charge on any atom is -0.353 e. The van der Waals surface area contributed by atoms with Crippen molar-refractivity contribution in [1.82, 2.24) is 5.32 Å². The first kappa shape index (κ1) is 15.4. The molecular weight excluding hydrogens is 266 g/mol. The molecule has 1 aliphatic rings. The second kappa shape index (κ2) is 7.72. The molecule has 20 heavy (non-hydrogen) atoms. The van der Waals surface area contributed by atoms with Crippen molar-refractivity contribution in [2.24, 2.45) is 0 Å². The van der Waals surface area contributed by atoms with Gasteiger partial charge in [-0.1, -0.05) is 43.4 Å². The Bertz CT molecular complexity index is 450. The summed E-state index contributed by atoms with van der Waals surface area (Å²) in [5, 5.41) is 3.20. The van der Waals surface area contributed by atoms with Crippen molar-refractivity contribution in [3.8, 4) is 0 Å². The van der Waals surface area contributed by atoms with E-state index in [4.69, 9.17) is 0 Å². The molecule has 0 aliphatic heterocycles. The molecule has 1 fully saturated rings. The van der Waals surface area contributed by atoms with Crippen LogP contribution in [0, 0.1) is 13.8 Å². The molecule has 1 amide bonds. The first-order valence-electron chi connectivity index (χ1n) is 7.64. The summed E-state index contributed by atoms with van der Waals surface area (Å²) in [7, 11) is 0. The van der Waals surface area contributed by atoms with Gasteiger partial charge in [0.25, 0.3) is 0 Å². The summed E-state index contributed by atoms with van der Waals surface area (Å²) in [4.78, 5) is 13.3. The molecular formula is C17H25NOS. The number of hydrogen-bond donors (Lipinski definition) is 1. The summed E-state index contributed by atoms with van der Waals surface area (Å²) in [6.07, 6.45) is 7.47. The molecule has 0 heterocycles. The summed E-state index contributed by atoms with van der Waals surface area (Å²) in [5.74, 6) is 0.710. The predicted octanol–water partition coefficient (Wildman–Crippen LogP) is 4.23. The SMILES string of the molecule is Cc1ccc(SCC(=O)NC2CCCCCC2)c(C)c1. The Labute approximate surface area is 126 Å². The van der Waals surface area contributed by atoms with Crippen LogP contribution in [-0.2, 0) is 4.79 Å². The van der Waals surface area contributed by atoms with Crippen LogP contribution in [0.3, 0.4) is 0 Å². The van der Waals surface area contributed by atoms with Crippen LogP contribution in [-0.4, -0.2) is 17.7 Å². The Morgan fingerprint density at radius 2 is 1.90 bits per heavy atom. The van der Waals surface area contributed by atoms with E-state index in [1.807, 2.05) is 0 Å². The lowest BCUT2D eigenvalue weighted by atomic mass is 10.1. The van der Waals surface area contributed by atoms with Crippen LogP contribution in [0.5, 0.6) is 0 Å². The molecule has 0 unspecified atom stereocenters. The summed E-state index contributed by atoms with van der Waals surface area (Å²) >= 11 is 1.65. The number of carbonyl (C=O) groups excluding carboxylic acids is 1. The fourth-order valence-corrected chi connectivity index (χ4v) is 3.62. The first-order chi connectivity index (χ1) is 9.65. The van der Waals surface area contributed by atoms with Gasteiger partial charge in [-0.2, -0.15) is 0 Å². The van der Waals surface area contributed by atoms with E-state index in [-0.39, 0.29) is 5.91 Å². The zero-order chi connectivity index (χ0) is 14.4. The minimum atomic E-state index is 0.182. The van der Waals surface area contributed by atoms with Crippen LogP contribution in [0.2, 0.25) is 0 Å². The van der Waals surface area contributed by atoms with Crippen molar-refractivity contribution in [3.05, 3.63) is 29.3 Å².